The van der Waals surface area contributed by atoms with Crippen LogP contribution in [0.15, 0.2) is 59.0 Å². The van der Waals surface area contributed by atoms with Crippen LogP contribution in [0.4, 0.5) is 17.2 Å². The number of azo groups is 1. The number of nitrogens with zero attached hydrogens (tertiary/aromatic N) is 10. The lowest BCUT2D eigenvalue weighted by molar-refractivity contribution is 0.826. The van der Waals surface area contributed by atoms with Crippen LogP contribution in [0.2, 0.25) is 0 Å². The predicted octanol–water partition coefficient (Wildman–Crippen LogP) is 4.28. The normalized spacial score (nSPS) is 11.4. The third kappa shape index (κ3) is 3.03. The fraction of sp³-hybridized carbons (Fsp3) is 0.100. The van der Waals surface area contributed by atoms with Crippen molar-refractivity contribution in [2.75, 3.05) is 0 Å². The van der Waals surface area contributed by atoms with E-state index < -0.39 is 0 Å². The number of aryl methyl sites for hydroxylation is 2. The highest BCUT2D eigenvalue weighted by Crippen LogP contribution is 2.36. The van der Waals surface area contributed by atoms with Crippen molar-refractivity contribution >= 4 is 22.8 Å². The standard InChI is InChI=1S/C20H15N11/c1-12-16(21-3)19(30(28-12)15-9-5-7-11-23-15)26-24-17-13(2)29-31-18(25-27-20(17)31)14-8-4-6-10-22-14/h4-11,27H,1-2H3/b26-24+. The minimum Gasteiger partial charge on any atom is -0.257 e. The van der Waals surface area contributed by atoms with Crippen molar-refractivity contribution in [1.29, 1.82) is 0 Å². The molecule has 0 aliphatic carbocycles. The molecule has 0 unspecified atom stereocenters. The van der Waals surface area contributed by atoms with E-state index in [1.807, 2.05) is 31.2 Å². The number of pyridine rings is 2. The van der Waals surface area contributed by atoms with Gasteiger partial charge in [-0.15, -0.1) is 10.2 Å². The zero-order chi connectivity index (χ0) is 21.4. The van der Waals surface area contributed by atoms with Gasteiger partial charge in [0.05, 0.1) is 18.0 Å². The molecule has 0 bridgehead atoms. The van der Waals surface area contributed by atoms with Crippen molar-refractivity contribution in [3.05, 3.63) is 71.6 Å². The van der Waals surface area contributed by atoms with Crippen LogP contribution in [-0.4, -0.2) is 39.6 Å². The second-order valence-corrected chi connectivity index (χ2v) is 6.63. The summed E-state index contributed by atoms with van der Waals surface area (Å²) in [5.41, 5.74) is 3.28. The largest absolute Gasteiger partial charge is 0.257 e. The Kier molecular flexibility index (Phi) is 4.30. The fourth-order valence-electron chi connectivity index (χ4n) is 3.17. The number of aromatic nitrogens is 8. The average Bonchev–Trinajstić information content (AvgIpc) is 3.44. The smallest absolute Gasteiger partial charge is 0.255 e. The first kappa shape index (κ1) is 18.3. The Labute approximate surface area is 175 Å². The van der Waals surface area contributed by atoms with Gasteiger partial charge in [0.15, 0.2) is 23.0 Å². The zero-order valence-corrected chi connectivity index (χ0v) is 16.6. The van der Waals surface area contributed by atoms with Crippen molar-refractivity contribution in [1.82, 2.24) is 39.6 Å². The molecule has 11 nitrogen and oxygen atoms in total. The van der Waals surface area contributed by atoms with Crippen LogP contribution >= 0.6 is 0 Å². The SMILES string of the molecule is [C-]#[N+]c1c(C)nn(-c2ccccn2)c1/N=N/c1c(C)nn2c(-c3ccccn3)n[nH]c12. The second-order valence-electron chi connectivity index (χ2n) is 6.63. The Bertz CT molecular complexity index is 1450. The van der Waals surface area contributed by atoms with Gasteiger partial charge in [0, 0.05) is 12.4 Å². The summed E-state index contributed by atoms with van der Waals surface area (Å²) in [6, 6.07) is 11.0. The van der Waals surface area contributed by atoms with Gasteiger partial charge in [-0.25, -0.2) is 14.5 Å². The molecule has 5 aromatic rings. The van der Waals surface area contributed by atoms with E-state index in [1.165, 1.54) is 4.68 Å². The van der Waals surface area contributed by atoms with Gasteiger partial charge in [-0.05, 0) is 38.1 Å². The summed E-state index contributed by atoms with van der Waals surface area (Å²) in [4.78, 5) is 12.2. The molecule has 31 heavy (non-hydrogen) atoms. The summed E-state index contributed by atoms with van der Waals surface area (Å²) >= 11 is 0. The summed E-state index contributed by atoms with van der Waals surface area (Å²) in [7, 11) is 0. The molecular weight excluding hydrogens is 394 g/mol. The maximum absolute atomic E-state index is 7.54. The van der Waals surface area contributed by atoms with Gasteiger partial charge < -0.3 is 0 Å². The molecule has 0 atom stereocenters. The van der Waals surface area contributed by atoms with Gasteiger partial charge in [0.2, 0.25) is 5.82 Å². The molecule has 11 heteroatoms. The highest BCUT2D eigenvalue weighted by atomic mass is 15.4. The summed E-state index contributed by atoms with van der Waals surface area (Å²) < 4.78 is 3.15. The Balaban J connectivity index is 1.62. The van der Waals surface area contributed by atoms with Crippen LogP contribution in [0, 0.1) is 20.4 Å². The van der Waals surface area contributed by atoms with E-state index in [1.54, 1.807) is 36.0 Å². The summed E-state index contributed by atoms with van der Waals surface area (Å²) in [5.74, 6) is 1.41. The first-order chi connectivity index (χ1) is 15.2. The quantitative estimate of drug-likeness (QED) is 0.351. The lowest BCUT2D eigenvalue weighted by Crippen LogP contribution is -1.98. The van der Waals surface area contributed by atoms with E-state index >= 15 is 0 Å². The zero-order valence-electron chi connectivity index (χ0n) is 16.6. The van der Waals surface area contributed by atoms with Crippen molar-refractivity contribution in [2.24, 2.45) is 10.2 Å². The van der Waals surface area contributed by atoms with Gasteiger partial charge in [-0.2, -0.15) is 19.8 Å². The molecule has 5 heterocycles. The van der Waals surface area contributed by atoms with Crippen molar-refractivity contribution in [2.45, 2.75) is 13.8 Å². The molecule has 150 valence electrons. The maximum atomic E-state index is 7.54. The van der Waals surface area contributed by atoms with Gasteiger partial charge in [-0.3, -0.25) is 10.1 Å². The molecule has 0 radical (unpaired) electrons. The van der Waals surface area contributed by atoms with Crippen LogP contribution in [0.1, 0.15) is 11.4 Å². The highest BCUT2D eigenvalue weighted by Gasteiger charge is 2.20. The lowest BCUT2D eigenvalue weighted by atomic mass is 10.3. The Morgan fingerprint density at radius 3 is 2.48 bits per heavy atom. The minimum atomic E-state index is 0.300. The Morgan fingerprint density at radius 2 is 1.77 bits per heavy atom. The van der Waals surface area contributed by atoms with Crippen molar-refractivity contribution in [3.8, 4) is 17.3 Å². The van der Waals surface area contributed by atoms with E-state index in [2.05, 4.69) is 45.4 Å². The number of nitrogens with one attached hydrogen (secondary N) is 1. The van der Waals surface area contributed by atoms with Gasteiger partial charge in [0.25, 0.3) is 5.69 Å². The fourth-order valence-corrected chi connectivity index (χ4v) is 3.17. The third-order valence-electron chi connectivity index (χ3n) is 4.62. The van der Waals surface area contributed by atoms with Gasteiger partial charge >= 0.3 is 0 Å². The number of rotatable bonds is 4. The van der Waals surface area contributed by atoms with Crippen molar-refractivity contribution in [3.63, 3.8) is 0 Å². The molecule has 0 saturated heterocycles. The summed E-state index contributed by atoms with van der Waals surface area (Å²) in [5, 5.41) is 25.0. The van der Waals surface area contributed by atoms with E-state index in [4.69, 9.17) is 6.57 Å². The monoisotopic (exact) mass is 409 g/mol. The molecule has 0 spiro atoms. The van der Waals surface area contributed by atoms with E-state index in [0.29, 0.717) is 51.6 Å². The number of fused-ring (bicyclic) bond motifs is 1. The Morgan fingerprint density at radius 1 is 0.968 bits per heavy atom. The number of hydrogen-bond donors (Lipinski definition) is 1. The minimum absolute atomic E-state index is 0.300. The second kappa shape index (κ2) is 7.27. The number of H-pyrrole nitrogens is 1. The number of aromatic amines is 1. The molecule has 0 aromatic carbocycles. The molecular formula is C20H15N11. The molecule has 0 aliphatic rings. The third-order valence-corrected chi connectivity index (χ3v) is 4.62. The van der Waals surface area contributed by atoms with Crippen LogP contribution < -0.4 is 0 Å². The Hall–Kier alpha value is -4.72. The number of hydrogen-bond acceptors (Lipinski definition) is 7. The van der Waals surface area contributed by atoms with Crippen molar-refractivity contribution < 1.29 is 0 Å². The van der Waals surface area contributed by atoms with E-state index in [0.717, 1.165) is 0 Å². The molecule has 0 amide bonds. The molecule has 1 N–H and O–H groups in total. The van der Waals surface area contributed by atoms with Gasteiger partial charge in [-0.1, -0.05) is 12.1 Å². The van der Waals surface area contributed by atoms with Crippen LogP contribution in [0.3, 0.4) is 0 Å². The molecule has 5 aromatic heterocycles. The highest BCUT2D eigenvalue weighted by molar-refractivity contribution is 5.71. The molecule has 0 fully saturated rings. The molecule has 5 rings (SSSR count). The average molecular weight is 409 g/mol. The van der Waals surface area contributed by atoms with E-state index in [9.17, 15) is 0 Å². The predicted molar refractivity (Wildman–Crippen MR) is 112 cm³/mol. The summed E-state index contributed by atoms with van der Waals surface area (Å²) in [6.07, 6.45) is 3.35. The maximum Gasteiger partial charge on any atom is 0.255 e. The molecule has 0 saturated carbocycles. The summed E-state index contributed by atoms with van der Waals surface area (Å²) in [6.45, 7) is 11.1. The van der Waals surface area contributed by atoms with Crippen LogP contribution in [0.5, 0.6) is 0 Å². The first-order valence-corrected chi connectivity index (χ1v) is 9.32. The van der Waals surface area contributed by atoms with E-state index in [-0.39, 0.29) is 0 Å². The lowest BCUT2D eigenvalue weighted by Gasteiger charge is -2.02. The molecule has 0 aliphatic heterocycles. The first-order valence-electron chi connectivity index (χ1n) is 9.32. The van der Waals surface area contributed by atoms with Crippen LogP contribution in [-0.2, 0) is 0 Å². The van der Waals surface area contributed by atoms with Gasteiger partial charge in [0.1, 0.15) is 5.69 Å². The topological polar surface area (TPSA) is 119 Å². The van der Waals surface area contributed by atoms with Crippen LogP contribution in [0.25, 0.3) is 27.8 Å².